The predicted octanol–water partition coefficient (Wildman–Crippen LogP) is 2.06. The van der Waals surface area contributed by atoms with E-state index in [1.54, 1.807) is 17.4 Å². The van der Waals surface area contributed by atoms with Crippen LogP contribution in [0.3, 0.4) is 0 Å². The van der Waals surface area contributed by atoms with E-state index in [9.17, 15) is 0 Å². The van der Waals surface area contributed by atoms with Crippen molar-refractivity contribution in [1.82, 2.24) is 19.9 Å². The van der Waals surface area contributed by atoms with Crippen molar-refractivity contribution in [2.24, 2.45) is 0 Å². The molecule has 1 unspecified atom stereocenters. The molecule has 4 rings (SSSR count). The Morgan fingerprint density at radius 2 is 1.81 bits per heavy atom. The monoisotopic (exact) mass is 491 g/mol. The fraction of sp³-hybridized carbons (Fsp3) is 0.300. The van der Waals surface area contributed by atoms with Crippen LogP contribution in [0.15, 0.2) is 35.3 Å². The second-order valence-corrected chi connectivity index (χ2v) is 10.3. The molecule has 0 amide bonds. The number of nitrogens with zero attached hydrogens (tertiary/aromatic N) is 4. The topological polar surface area (TPSA) is 64.7 Å². The number of oxazole rings is 1. The number of rotatable bonds is 6. The molecule has 0 bridgehead atoms. The van der Waals surface area contributed by atoms with Gasteiger partial charge in [0.1, 0.15) is 0 Å². The summed E-state index contributed by atoms with van der Waals surface area (Å²) in [5.74, 6) is 0.725. The van der Waals surface area contributed by atoms with Crippen LogP contribution in [0.5, 0.6) is 0 Å². The first-order valence-corrected chi connectivity index (χ1v) is 12.2. The van der Waals surface area contributed by atoms with E-state index in [-0.39, 0.29) is 21.2 Å². The first kappa shape index (κ1) is 18.5. The van der Waals surface area contributed by atoms with Crippen molar-refractivity contribution in [3.8, 4) is 0 Å². The summed E-state index contributed by atoms with van der Waals surface area (Å²) in [6.45, 7) is 10.2. The van der Waals surface area contributed by atoms with Gasteiger partial charge in [-0.3, -0.25) is 0 Å². The number of hydrogen-bond donors (Lipinski definition) is 0. The molecule has 0 fully saturated rings. The van der Waals surface area contributed by atoms with Crippen LogP contribution in [-0.2, 0) is 0 Å². The van der Waals surface area contributed by atoms with Crippen molar-refractivity contribution in [2.75, 3.05) is 4.43 Å². The summed E-state index contributed by atoms with van der Waals surface area (Å²) in [5, 5.41) is 0.912. The average molecular weight is 491 g/mol. The van der Waals surface area contributed by atoms with Crippen molar-refractivity contribution < 1.29 is 25.6 Å². The van der Waals surface area contributed by atoms with E-state index in [1.165, 1.54) is 0 Å². The third-order valence-corrected chi connectivity index (χ3v) is 8.12. The summed E-state index contributed by atoms with van der Waals surface area (Å²) in [5.41, 5.74) is 4.43. The van der Waals surface area contributed by atoms with Gasteiger partial charge in [0.2, 0.25) is 0 Å². The van der Waals surface area contributed by atoms with Gasteiger partial charge >= 0.3 is 173 Å². The Morgan fingerprint density at radius 1 is 1.04 bits per heavy atom. The van der Waals surface area contributed by atoms with Gasteiger partial charge in [-0.05, 0) is 0 Å². The normalized spacial score (nSPS) is 13.0. The van der Waals surface area contributed by atoms with E-state index in [0.717, 1.165) is 46.3 Å². The Morgan fingerprint density at radius 3 is 2.59 bits per heavy atom. The Hall–Kier alpha value is -1.87. The van der Waals surface area contributed by atoms with Crippen LogP contribution in [-0.4, -0.2) is 24.4 Å². The Bertz CT molecular complexity index is 1120. The summed E-state index contributed by atoms with van der Waals surface area (Å²) in [4.78, 5) is 18.5. The molecule has 0 aromatic carbocycles. The average Bonchev–Trinajstić information content (AvgIpc) is 3.27. The van der Waals surface area contributed by atoms with Gasteiger partial charge in [-0.2, -0.15) is 0 Å². The zero-order valence-corrected chi connectivity index (χ0v) is 18.4. The summed E-state index contributed by atoms with van der Waals surface area (Å²) in [6.07, 6.45) is 1.77. The molecule has 0 aliphatic carbocycles. The molecule has 4 heterocycles. The molecule has 0 saturated carbocycles. The number of fused-ring (bicyclic) bond motifs is 2. The molecular formula is C20H20IN4OS-. The summed E-state index contributed by atoms with van der Waals surface area (Å²) >= 11 is 1.27. The van der Waals surface area contributed by atoms with E-state index < -0.39 is 0 Å². The quantitative estimate of drug-likeness (QED) is 0.305. The minimum absolute atomic E-state index is 0.338. The van der Waals surface area contributed by atoms with Gasteiger partial charge in [-0.1, -0.05) is 0 Å². The van der Waals surface area contributed by atoms with E-state index >= 15 is 0 Å². The molecule has 0 aliphatic rings. The molecule has 27 heavy (non-hydrogen) atoms. The number of thiazole rings is 1. The maximum absolute atomic E-state index is 5.91. The van der Waals surface area contributed by atoms with Crippen molar-refractivity contribution in [2.45, 2.75) is 32.6 Å². The number of halogens is 1. The molecule has 7 heteroatoms. The SMILES string of the molecule is C=Cc1nc2nc(C(C)C[I-]c3nc4nc(C(C)C)ccc4o3)ccc2s1. The second-order valence-electron chi connectivity index (χ2n) is 6.68. The van der Waals surface area contributed by atoms with Gasteiger partial charge < -0.3 is 0 Å². The van der Waals surface area contributed by atoms with Crippen molar-refractivity contribution in [1.29, 1.82) is 0 Å². The molecule has 140 valence electrons. The first-order valence-electron chi connectivity index (χ1n) is 8.80. The summed E-state index contributed by atoms with van der Waals surface area (Å²) in [6, 6.07) is 8.21. The molecule has 0 aliphatic heterocycles. The molecule has 0 radical (unpaired) electrons. The first-order chi connectivity index (χ1) is 13.0. The number of hydrogen-bond acceptors (Lipinski definition) is 6. The molecule has 4 aromatic heterocycles. The number of pyridine rings is 2. The molecule has 0 saturated heterocycles. The Balaban J connectivity index is 1.49. The van der Waals surface area contributed by atoms with E-state index in [2.05, 4.69) is 54.4 Å². The molecular weight excluding hydrogens is 471 g/mol. The van der Waals surface area contributed by atoms with E-state index in [4.69, 9.17) is 9.40 Å². The van der Waals surface area contributed by atoms with Gasteiger partial charge in [0.25, 0.3) is 0 Å². The van der Waals surface area contributed by atoms with Crippen LogP contribution in [0, 0.1) is 3.90 Å². The minimum atomic E-state index is -0.347. The molecule has 5 nitrogen and oxygen atoms in total. The van der Waals surface area contributed by atoms with Gasteiger partial charge in [0.15, 0.2) is 0 Å². The van der Waals surface area contributed by atoms with Crippen LogP contribution in [0.25, 0.3) is 27.7 Å². The Labute approximate surface area is 172 Å². The fourth-order valence-corrected chi connectivity index (χ4v) is 5.70. The van der Waals surface area contributed by atoms with Gasteiger partial charge in [-0.25, -0.2) is 0 Å². The molecule has 1 atom stereocenters. The molecule has 0 N–H and O–H groups in total. The summed E-state index contributed by atoms with van der Waals surface area (Å²) < 4.78 is 8.86. The van der Waals surface area contributed by atoms with Gasteiger partial charge in [0, 0.05) is 0 Å². The van der Waals surface area contributed by atoms with Crippen LogP contribution in [0.4, 0.5) is 0 Å². The third-order valence-electron chi connectivity index (χ3n) is 4.23. The van der Waals surface area contributed by atoms with Crippen LogP contribution in [0.2, 0.25) is 0 Å². The standard InChI is InChI=1S/C20H20IN4OS/c1-5-17-24-19-16(27-17)9-7-14(23-19)12(4)10-21-20-25-18-15(26-20)8-6-13(22-18)11(2)3/h5-9,11-12H,1,10H2,2-4H3/q-1. The predicted molar refractivity (Wildman–Crippen MR) is 105 cm³/mol. The number of aromatic nitrogens is 4. The van der Waals surface area contributed by atoms with Gasteiger partial charge in [-0.15, -0.1) is 0 Å². The van der Waals surface area contributed by atoms with Crippen molar-refractivity contribution in [3.05, 3.63) is 51.1 Å². The number of alkyl halides is 1. The van der Waals surface area contributed by atoms with Crippen molar-refractivity contribution >= 4 is 39.0 Å². The third kappa shape index (κ3) is 3.89. The molecule has 4 aromatic rings. The zero-order chi connectivity index (χ0) is 19.0. The van der Waals surface area contributed by atoms with Crippen LogP contribution < -0.4 is 21.2 Å². The maximum atomic E-state index is 5.91. The van der Waals surface area contributed by atoms with Gasteiger partial charge in [0.05, 0.1) is 0 Å². The fourth-order valence-electron chi connectivity index (χ4n) is 2.66. The summed E-state index contributed by atoms with van der Waals surface area (Å²) in [7, 11) is 0. The van der Waals surface area contributed by atoms with Crippen molar-refractivity contribution in [3.63, 3.8) is 0 Å². The zero-order valence-electron chi connectivity index (χ0n) is 15.4. The van der Waals surface area contributed by atoms with Crippen LogP contribution in [0.1, 0.15) is 49.0 Å². The van der Waals surface area contributed by atoms with Crippen LogP contribution >= 0.6 is 11.3 Å². The van der Waals surface area contributed by atoms with E-state index in [0.29, 0.717) is 11.8 Å². The Kier molecular flexibility index (Phi) is 5.23. The second kappa shape index (κ2) is 7.63. The van der Waals surface area contributed by atoms with E-state index in [1.807, 2.05) is 12.1 Å². The molecule has 0 spiro atoms.